The van der Waals surface area contributed by atoms with Crippen LogP contribution in [0.5, 0.6) is 0 Å². The lowest BCUT2D eigenvalue weighted by atomic mass is 10.5. The van der Waals surface area contributed by atoms with E-state index < -0.39 is 11.2 Å². The molecular formula is C6H9ClN2OS. The second kappa shape index (κ2) is 3.05. The smallest absolute Gasteiger partial charge is 0.212 e. The second-order valence-electron chi connectivity index (χ2n) is 2.28. The number of rotatable bonds is 1. The van der Waals surface area contributed by atoms with Crippen molar-refractivity contribution in [3.63, 3.8) is 0 Å². The molecule has 0 aliphatic rings. The zero-order chi connectivity index (χ0) is 8.59. The van der Waals surface area contributed by atoms with Gasteiger partial charge in [0, 0.05) is 7.05 Å². The van der Waals surface area contributed by atoms with Crippen molar-refractivity contribution >= 4 is 22.8 Å². The van der Waals surface area contributed by atoms with Crippen LogP contribution in [0, 0.1) is 6.92 Å². The van der Waals surface area contributed by atoms with E-state index in [1.54, 1.807) is 20.2 Å². The molecule has 0 radical (unpaired) electrons. The van der Waals surface area contributed by atoms with Crippen molar-refractivity contribution in [2.24, 2.45) is 7.05 Å². The standard InChI is InChI=1S/C6H9ClN2OS/c1-4-5(11(3)10)6(7)9(2)8-4/h1-3H3. The van der Waals surface area contributed by atoms with Crippen LogP contribution in [0.15, 0.2) is 4.90 Å². The molecule has 0 saturated heterocycles. The van der Waals surface area contributed by atoms with Gasteiger partial charge in [-0.15, -0.1) is 0 Å². The Hall–Kier alpha value is -0.190. The van der Waals surface area contributed by atoms with Gasteiger partial charge in [-0.25, -0.2) is 0 Å². The molecule has 0 amide bonds. The van der Waals surface area contributed by atoms with Gasteiger partial charge in [-0.3, -0.25) is 4.68 Å². The monoisotopic (exact) mass is 192 g/mol. The molecule has 1 unspecified atom stereocenters. The molecule has 3 nitrogen and oxygen atoms in total. The molecule has 1 heterocycles. The maximum Gasteiger partial charge on any atom is 0.212 e. The van der Waals surface area contributed by atoms with Gasteiger partial charge < -0.3 is 4.55 Å². The van der Waals surface area contributed by atoms with Crippen molar-refractivity contribution in [2.45, 2.75) is 11.8 Å². The molecule has 1 atom stereocenters. The lowest BCUT2D eigenvalue weighted by Crippen LogP contribution is -1.98. The van der Waals surface area contributed by atoms with E-state index in [-0.39, 0.29) is 0 Å². The summed E-state index contributed by atoms with van der Waals surface area (Å²) >= 11 is 4.77. The van der Waals surface area contributed by atoms with E-state index in [0.717, 1.165) is 5.69 Å². The van der Waals surface area contributed by atoms with E-state index in [4.69, 9.17) is 11.6 Å². The third kappa shape index (κ3) is 1.52. The number of aryl methyl sites for hydroxylation is 2. The number of hydrogen-bond acceptors (Lipinski definition) is 2. The van der Waals surface area contributed by atoms with E-state index in [9.17, 15) is 4.55 Å². The fourth-order valence-electron chi connectivity index (χ4n) is 0.937. The first-order chi connectivity index (χ1) is 5.04. The lowest BCUT2D eigenvalue weighted by molar-refractivity contribution is 0.600. The van der Waals surface area contributed by atoms with Crippen molar-refractivity contribution in [3.8, 4) is 0 Å². The highest BCUT2D eigenvalue weighted by molar-refractivity contribution is 7.90. The van der Waals surface area contributed by atoms with Crippen LogP contribution in [0.2, 0.25) is 5.15 Å². The largest absolute Gasteiger partial charge is 0.612 e. The van der Waals surface area contributed by atoms with Crippen molar-refractivity contribution in [3.05, 3.63) is 10.8 Å². The minimum Gasteiger partial charge on any atom is -0.612 e. The summed E-state index contributed by atoms with van der Waals surface area (Å²) in [6.07, 6.45) is 1.59. The summed E-state index contributed by atoms with van der Waals surface area (Å²) in [5, 5.41) is 4.48. The van der Waals surface area contributed by atoms with Crippen LogP contribution >= 0.6 is 11.6 Å². The molecular weight excluding hydrogens is 184 g/mol. The average molecular weight is 193 g/mol. The summed E-state index contributed by atoms with van der Waals surface area (Å²) in [7, 11) is 1.73. The van der Waals surface area contributed by atoms with Gasteiger partial charge in [-0.2, -0.15) is 5.10 Å². The van der Waals surface area contributed by atoms with E-state index >= 15 is 0 Å². The Kier molecular flexibility index (Phi) is 2.47. The van der Waals surface area contributed by atoms with Crippen LogP contribution in [0.1, 0.15) is 5.69 Å². The van der Waals surface area contributed by atoms with Crippen LogP contribution in [0.3, 0.4) is 0 Å². The first-order valence-corrected chi connectivity index (χ1v) is 5.00. The predicted octanol–water partition coefficient (Wildman–Crippen LogP) is 1.12. The number of nitrogens with zero attached hydrogens (tertiary/aromatic N) is 2. The van der Waals surface area contributed by atoms with Gasteiger partial charge in [0.2, 0.25) is 4.90 Å². The Balaban J connectivity index is 3.22. The Morgan fingerprint density at radius 1 is 1.64 bits per heavy atom. The van der Waals surface area contributed by atoms with E-state index in [0.29, 0.717) is 10.0 Å². The molecule has 0 fully saturated rings. The number of aromatic nitrogens is 2. The molecule has 0 saturated carbocycles. The molecule has 0 N–H and O–H groups in total. The fraction of sp³-hybridized carbons (Fsp3) is 0.500. The van der Waals surface area contributed by atoms with Crippen molar-refractivity contribution in [1.29, 1.82) is 0 Å². The lowest BCUT2D eigenvalue weighted by Gasteiger charge is -2.01. The zero-order valence-electron chi connectivity index (χ0n) is 6.59. The van der Waals surface area contributed by atoms with Crippen molar-refractivity contribution in [2.75, 3.05) is 6.26 Å². The minimum absolute atomic E-state index is 0.461. The highest BCUT2D eigenvalue weighted by Crippen LogP contribution is 2.23. The van der Waals surface area contributed by atoms with Crippen molar-refractivity contribution in [1.82, 2.24) is 9.78 Å². The third-order valence-electron chi connectivity index (χ3n) is 1.39. The molecule has 5 heteroatoms. The van der Waals surface area contributed by atoms with Gasteiger partial charge in [0.15, 0.2) is 5.15 Å². The van der Waals surface area contributed by atoms with Crippen LogP contribution in [-0.2, 0) is 18.2 Å². The molecule has 0 aromatic carbocycles. The predicted molar refractivity (Wildman–Crippen MR) is 45.3 cm³/mol. The van der Waals surface area contributed by atoms with Crippen LogP contribution < -0.4 is 0 Å². The minimum atomic E-state index is -1.05. The van der Waals surface area contributed by atoms with Crippen LogP contribution in [-0.4, -0.2) is 20.6 Å². The summed E-state index contributed by atoms with van der Waals surface area (Å²) < 4.78 is 12.6. The Morgan fingerprint density at radius 2 is 2.18 bits per heavy atom. The molecule has 1 aromatic rings. The summed E-state index contributed by atoms with van der Waals surface area (Å²) in [5.74, 6) is 0. The molecule has 11 heavy (non-hydrogen) atoms. The molecule has 62 valence electrons. The number of halogens is 1. The topological polar surface area (TPSA) is 40.9 Å². The Bertz CT molecular complexity index is 272. The van der Waals surface area contributed by atoms with Crippen LogP contribution in [0.4, 0.5) is 0 Å². The summed E-state index contributed by atoms with van der Waals surface area (Å²) in [4.78, 5) is 0.633. The maximum atomic E-state index is 11.1. The first-order valence-electron chi connectivity index (χ1n) is 3.06. The third-order valence-corrected chi connectivity index (χ3v) is 3.00. The average Bonchev–Trinajstić information content (AvgIpc) is 2.07. The van der Waals surface area contributed by atoms with E-state index in [2.05, 4.69) is 5.10 Å². The van der Waals surface area contributed by atoms with E-state index in [1.807, 2.05) is 0 Å². The Labute approximate surface area is 73.5 Å². The maximum absolute atomic E-state index is 11.1. The van der Waals surface area contributed by atoms with Gasteiger partial charge >= 0.3 is 0 Å². The van der Waals surface area contributed by atoms with Crippen LogP contribution in [0.25, 0.3) is 0 Å². The fourth-order valence-corrected chi connectivity index (χ4v) is 2.26. The highest BCUT2D eigenvalue weighted by atomic mass is 35.5. The van der Waals surface area contributed by atoms with Crippen molar-refractivity contribution < 1.29 is 4.55 Å². The van der Waals surface area contributed by atoms with Gasteiger partial charge in [-0.05, 0) is 18.1 Å². The quantitative estimate of drug-likeness (QED) is 0.626. The second-order valence-corrected chi connectivity index (χ2v) is 3.96. The molecule has 1 rings (SSSR count). The SMILES string of the molecule is Cc1nn(C)c(Cl)c1[S+](C)[O-]. The number of hydrogen-bond donors (Lipinski definition) is 0. The van der Waals surface area contributed by atoms with Gasteiger partial charge in [0.25, 0.3) is 0 Å². The van der Waals surface area contributed by atoms with Gasteiger partial charge in [0.1, 0.15) is 11.9 Å². The summed E-state index contributed by atoms with van der Waals surface area (Å²) in [6, 6.07) is 0. The Morgan fingerprint density at radius 3 is 2.36 bits per heavy atom. The van der Waals surface area contributed by atoms with Gasteiger partial charge in [-0.1, -0.05) is 11.6 Å². The molecule has 1 aromatic heterocycles. The molecule has 0 spiro atoms. The first kappa shape index (κ1) is 8.90. The highest BCUT2D eigenvalue weighted by Gasteiger charge is 2.19. The molecule has 0 aliphatic heterocycles. The van der Waals surface area contributed by atoms with Gasteiger partial charge in [0.05, 0.1) is 0 Å². The molecule has 0 bridgehead atoms. The summed E-state index contributed by atoms with van der Waals surface area (Å²) in [6.45, 7) is 1.79. The van der Waals surface area contributed by atoms with E-state index in [1.165, 1.54) is 4.68 Å². The zero-order valence-corrected chi connectivity index (χ0v) is 8.16. The summed E-state index contributed by atoms with van der Waals surface area (Å²) in [5.41, 5.74) is 0.735. The molecule has 0 aliphatic carbocycles. The normalized spacial score (nSPS) is 13.5.